The van der Waals surface area contributed by atoms with Crippen LogP contribution in [-0.4, -0.2) is 22.0 Å². The third-order valence-electron chi connectivity index (χ3n) is 5.08. The van der Waals surface area contributed by atoms with Gasteiger partial charge in [0, 0.05) is 0 Å². The lowest BCUT2D eigenvalue weighted by Crippen LogP contribution is -2.37. The molecular formula is C16H15FN2O3S. The zero-order valence-electron chi connectivity index (χ0n) is 12.2. The molecule has 1 aromatic heterocycles. The maximum atomic E-state index is 13.2. The van der Waals surface area contributed by atoms with Gasteiger partial charge in [0.15, 0.2) is 5.13 Å². The summed E-state index contributed by atoms with van der Waals surface area (Å²) in [7, 11) is 0. The highest BCUT2D eigenvalue weighted by Gasteiger charge is 2.54. The summed E-state index contributed by atoms with van der Waals surface area (Å²) in [5, 5.41) is 12.6. The van der Waals surface area contributed by atoms with Crippen molar-refractivity contribution in [1.29, 1.82) is 0 Å². The van der Waals surface area contributed by atoms with Gasteiger partial charge in [0.1, 0.15) is 5.82 Å². The van der Waals surface area contributed by atoms with E-state index in [9.17, 15) is 19.1 Å². The Hall–Kier alpha value is -2.02. The van der Waals surface area contributed by atoms with Crippen molar-refractivity contribution in [2.75, 3.05) is 5.32 Å². The number of nitrogens with one attached hydrogen (secondary N) is 1. The minimum absolute atomic E-state index is 0.109. The van der Waals surface area contributed by atoms with Crippen LogP contribution in [0.5, 0.6) is 0 Å². The van der Waals surface area contributed by atoms with Crippen molar-refractivity contribution in [1.82, 2.24) is 4.98 Å². The molecule has 2 aliphatic carbocycles. The van der Waals surface area contributed by atoms with Crippen LogP contribution in [0.3, 0.4) is 0 Å². The average Bonchev–Trinajstić information content (AvgIpc) is 3.18. The van der Waals surface area contributed by atoms with E-state index >= 15 is 0 Å². The van der Waals surface area contributed by atoms with Crippen LogP contribution in [0.1, 0.15) is 19.3 Å². The number of rotatable bonds is 3. The first-order valence-corrected chi connectivity index (χ1v) is 8.44. The molecule has 0 radical (unpaired) electrons. The van der Waals surface area contributed by atoms with E-state index in [0.717, 1.165) is 19.3 Å². The number of hydrogen-bond acceptors (Lipinski definition) is 4. The standard InChI is InChI=1S/C16H15FN2O3S/c17-9-3-4-10-11(6-9)23-16(18-10)19-14(20)12-7-1-2-8(5-7)13(12)15(21)22/h3-4,6-8,12-13H,1-2,5H2,(H,21,22)(H,18,19,20)/t7-,8+,12-,13+/m0/s1. The molecule has 4 atom stereocenters. The number of anilines is 1. The number of carbonyl (C=O) groups is 2. The lowest BCUT2D eigenvalue weighted by molar-refractivity contribution is -0.148. The Morgan fingerprint density at radius 1 is 1.26 bits per heavy atom. The van der Waals surface area contributed by atoms with E-state index in [0.29, 0.717) is 15.3 Å². The smallest absolute Gasteiger partial charge is 0.307 e. The summed E-state index contributed by atoms with van der Waals surface area (Å²) in [6.07, 6.45) is 2.63. The van der Waals surface area contributed by atoms with Crippen molar-refractivity contribution < 1.29 is 19.1 Å². The third-order valence-corrected chi connectivity index (χ3v) is 6.02. The summed E-state index contributed by atoms with van der Waals surface area (Å²) in [5.74, 6) is -2.34. The fraction of sp³-hybridized carbons (Fsp3) is 0.438. The predicted octanol–water partition coefficient (Wildman–Crippen LogP) is 3.12. The number of carbonyl (C=O) groups excluding carboxylic acids is 1. The van der Waals surface area contributed by atoms with Gasteiger partial charge < -0.3 is 10.4 Å². The number of benzene rings is 1. The monoisotopic (exact) mass is 334 g/mol. The molecule has 2 N–H and O–H groups in total. The number of thiazole rings is 1. The van der Waals surface area contributed by atoms with Crippen molar-refractivity contribution in [3.05, 3.63) is 24.0 Å². The van der Waals surface area contributed by atoms with Crippen molar-refractivity contribution >= 4 is 38.6 Å². The molecule has 4 rings (SSSR count). The summed E-state index contributed by atoms with van der Waals surface area (Å²) in [5.41, 5.74) is 0.620. The number of aromatic nitrogens is 1. The van der Waals surface area contributed by atoms with Gasteiger partial charge in [0.25, 0.3) is 0 Å². The van der Waals surface area contributed by atoms with E-state index in [2.05, 4.69) is 10.3 Å². The second kappa shape index (κ2) is 5.26. The molecule has 0 aliphatic heterocycles. The van der Waals surface area contributed by atoms with Crippen LogP contribution < -0.4 is 5.32 Å². The highest BCUT2D eigenvalue weighted by Crippen LogP contribution is 2.52. The first kappa shape index (κ1) is 14.6. The lowest BCUT2D eigenvalue weighted by Gasteiger charge is -2.26. The van der Waals surface area contributed by atoms with Gasteiger partial charge in [0.05, 0.1) is 22.1 Å². The van der Waals surface area contributed by atoms with E-state index in [1.54, 1.807) is 6.07 Å². The quantitative estimate of drug-likeness (QED) is 0.904. The molecule has 1 amide bonds. The van der Waals surface area contributed by atoms with E-state index in [4.69, 9.17) is 0 Å². The van der Waals surface area contributed by atoms with Gasteiger partial charge in [-0.05, 0) is 49.3 Å². The van der Waals surface area contributed by atoms with Gasteiger partial charge in [0.2, 0.25) is 5.91 Å². The molecule has 0 unspecified atom stereocenters. The first-order valence-electron chi connectivity index (χ1n) is 7.62. The third kappa shape index (κ3) is 2.39. The average molecular weight is 334 g/mol. The van der Waals surface area contributed by atoms with E-state index in [-0.39, 0.29) is 23.6 Å². The Labute approximate surface area is 135 Å². The van der Waals surface area contributed by atoms with Crippen LogP contribution >= 0.6 is 11.3 Å². The highest BCUT2D eigenvalue weighted by molar-refractivity contribution is 7.22. The maximum absolute atomic E-state index is 13.2. The van der Waals surface area contributed by atoms with Gasteiger partial charge in [-0.3, -0.25) is 9.59 Å². The van der Waals surface area contributed by atoms with Crippen LogP contribution in [-0.2, 0) is 9.59 Å². The molecule has 120 valence electrons. The molecule has 0 saturated heterocycles. The molecule has 7 heteroatoms. The SMILES string of the molecule is O=C(O)[C@@H]1[C@@H]2CC[C@@H](C2)[C@@H]1C(=O)Nc1nc2ccc(F)cc2s1. The van der Waals surface area contributed by atoms with Crippen LogP contribution in [0.4, 0.5) is 9.52 Å². The maximum Gasteiger partial charge on any atom is 0.307 e. The number of fused-ring (bicyclic) bond motifs is 3. The molecule has 2 aromatic rings. The number of carboxylic acid groups (broad SMARTS) is 1. The molecule has 2 aliphatic rings. The normalized spacial score (nSPS) is 29.1. The van der Waals surface area contributed by atoms with E-state index in [1.165, 1.54) is 23.5 Å². The van der Waals surface area contributed by atoms with Crippen molar-refractivity contribution in [3.63, 3.8) is 0 Å². The molecule has 1 heterocycles. The number of aliphatic carboxylic acids is 1. The van der Waals surface area contributed by atoms with Gasteiger partial charge in [-0.25, -0.2) is 9.37 Å². The Morgan fingerprint density at radius 3 is 2.74 bits per heavy atom. The minimum Gasteiger partial charge on any atom is -0.481 e. The Balaban J connectivity index is 1.57. The number of hydrogen-bond donors (Lipinski definition) is 2. The van der Waals surface area contributed by atoms with Gasteiger partial charge in [-0.1, -0.05) is 11.3 Å². The molecule has 2 bridgehead atoms. The Morgan fingerprint density at radius 2 is 2.00 bits per heavy atom. The van der Waals surface area contributed by atoms with Gasteiger partial charge >= 0.3 is 5.97 Å². The fourth-order valence-corrected chi connectivity index (χ4v) is 5.06. The second-order valence-electron chi connectivity index (χ2n) is 6.34. The van der Waals surface area contributed by atoms with Crippen LogP contribution in [0, 0.1) is 29.5 Å². The van der Waals surface area contributed by atoms with Crippen molar-refractivity contribution in [3.8, 4) is 0 Å². The molecule has 1 aromatic carbocycles. The van der Waals surface area contributed by atoms with E-state index in [1.807, 2.05) is 0 Å². The molecule has 5 nitrogen and oxygen atoms in total. The number of amides is 1. The summed E-state index contributed by atoms with van der Waals surface area (Å²) in [4.78, 5) is 28.4. The summed E-state index contributed by atoms with van der Waals surface area (Å²) >= 11 is 1.20. The first-order chi connectivity index (χ1) is 11.0. The molecule has 2 fully saturated rings. The summed E-state index contributed by atoms with van der Waals surface area (Å²) < 4.78 is 13.9. The number of halogens is 1. The lowest BCUT2D eigenvalue weighted by atomic mass is 9.79. The van der Waals surface area contributed by atoms with Crippen molar-refractivity contribution in [2.24, 2.45) is 23.7 Å². The van der Waals surface area contributed by atoms with Crippen LogP contribution in [0.15, 0.2) is 18.2 Å². The number of nitrogens with zero attached hydrogens (tertiary/aromatic N) is 1. The largest absolute Gasteiger partial charge is 0.481 e. The zero-order valence-corrected chi connectivity index (χ0v) is 13.0. The molecular weight excluding hydrogens is 319 g/mol. The minimum atomic E-state index is -0.885. The molecule has 23 heavy (non-hydrogen) atoms. The van der Waals surface area contributed by atoms with Gasteiger partial charge in [-0.15, -0.1) is 0 Å². The fourth-order valence-electron chi connectivity index (χ4n) is 4.16. The molecule has 2 saturated carbocycles. The Bertz CT molecular complexity index is 806. The number of carboxylic acids is 1. The topological polar surface area (TPSA) is 79.3 Å². The summed E-state index contributed by atoms with van der Waals surface area (Å²) in [6.45, 7) is 0. The molecule has 0 spiro atoms. The predicted molar refractivity (Wildman–Crippen MR) is 83.7 cm³/mol. The second-order valence-corrected chi connectivity index (χ2v) is 7.37. The van der Waals surface area contributed by atoms with Crippen LogP contribution in [0.25, 0.3) is 10.2 Å². The van der Waals surface area contributed by atoms with Crippen LogP contribution in [0.2, 0.25) is 0 Å². The summed E-state index contributed by atoms with van der Waals surface area (Å²) in [6, 6.07) is 4.26. The highest BCUT2D eigenvalue weighted by atomic mass is 32.1. The van der Waals surface area contributed by atoms with Gasteiger partial charge in [-0.2, -0.15) is 0 Å². The Kier molecular flexibility index (Phi) is 3.33. The van der Waals surface area contributed by atoms with E-state index < -0.39 is 17.8 Å². The van der Waals surface area contributed by atoms with Crippen molar-refractivity contribution in [2.45, 2.75) is 19.3 Å². The zero-order chi connectivity index (χ0) is 16.1.